The summed E-state index contributed by atoms with van der Waals surface area (Å²) in [6.45, 7) is 3.90. The van der Waals surface area contributed by atoms with Gasteiger partial charge in [-0.05, 0) is 25.5 Å². The van der Waals surface area contributed by atoms with Crippen LogP contribution in [0.25, 0.3) is 0 Å². The number of thiophene rings is 1. The van der Waals surface area contributed by atoms with Gasteiger partial charge in [0.05, 0.1) is 4.34 Å². The molecule has 19 heavy (non-hydrogen) atoms. The minimum atomic E-state index is -3.57. The van der Waals surface area contributed by atoms with Crippen molar-refractivity contribution >= 4 is 44.6 Å². The lowest BCUT2D eigenvalue weighted by molar-refractivity contribution is 0.274. The monoisotopic (exact) mass is 342 g/mol. The zero-order chi connectivity index (χ0) is 14.0. The van der Waals surface area contributed by atoms with E-state index in [0.29, 0.717) is 17.4 Å². The molecule has 1 aromatic rings. The van der Waals surface area contributed by atoms with Crippen molar-refractivity contribution in [3.63, 3.8) is 0 Å². The van der Waals surface area contributed by atoms with E-state index in [-0.39, 0.29) is 15.3 Å². The van der Waals surface area contributed by atoms with E-state index in [2.05, 4.69) is 5.32 Å². The van der Waals surface area contributed by atoms with E-state index in [1.54, 1.807) is 0 Å². The number of piperidine rings is 1. The Hall–Kier alpha value is 0.150. The van der Waals surface area contributed by atoms with Crippen molar-refractivity contribution in [3.8, 4) is 0 Å². The predicted molar refractivity (Wildman–Crippen MR) is 79.8 cm³/mol. The highest BCUT2D eigenvalue weighted by Crippen LogP contribution is 2.36. The molecule has 0 aromatic carbocycles. The summed E-state index contributed by atoms with van der Waals surface area (Å²) in [5.74, 6) is 0. The fourth-order valence-electron chi connectivity index (χ4n) is 2.33. The van der Waals surface area contributed by atoms with E-state index in [0.717, 1.165) is 30.7 Å². The van der Waals surface area contributed by atoms with Crippen LogP contribution in [0.1, 0.15) is 19.8 Å². The molecule has 1 saturated heterocycles. The maximum absolute atomic E-state index is 12.7. The molecule has 108 valence electrons. The van der Waals surface area contributed by atoms with Crippen LogP contribution in [0.3, 0.4) is 0 Å². The zero-order valence-electron chi connectivity index (χ0n) is 10.5. The van der Waals surface area contributed by atoms with Crippen molar-refractivity contribution in [2.24, 2.45) is 0 Å². The van der Waals surface area contributed by atoms with Crippen LogP contribution in [0.15, 0.2) is 11.0 Å². The summed E-state index contributed by atoms with van der Waals surface area (Å²) in [6.07, 6.45) is 1.85. The van der Waals surface area contributed by atoms with Gasteiger partial charge in [-0.1, -0.05) is 30.1 Å². The third kappa shape index (κ3) is 3.25. The van der Waals surface area contributed by atoms with Crippen LogP contribution < -0.4 is 5.32 Å². The number of halogens is 2. The number of rotatable bonds is 4. The van der Waals surface area contributed by atoms with Gasteiger partial charge >= 0.3 is 0 Å². The standard InChI is InChI=1S/C11H16Cl2N2O2S2/c1-2-15(8-4-3-5-14-7-8)19(16,17)9-6-10(12)18-11(9)13/h6,8,14H,2-5,7H2,1H3. The molecule has 0 amide bonds. The van der Waals surface area contributed by atoms with Crippen molar-refractivity contribution in [3.05, 3.63) is 14.7 Å². The van der Waals surface area contributed by atoms with Gasteiger partial charge in [-0.3, -0.25) is 0 Å². The van der Waals surface area contributed by atoms with Crippen molar-refractivity contribution in [1.29, 1.82) is 0 Å². The maximum Gasteiger partial charge on any atom is 0.245 e. The van der Waals surface area contributed by atoms with Crippen LogP contribution in [-0.2, 0) is 10.0 Å². The molecule has 1 fully saturated rings. The fourth-order valence-corrected chi connectivity index (χ4v) is 6.11. The Balaban J connectivity index is 2.32. The molecule has 4 nitrogen and oxygen atoms in total. The molecule has 1 N–H and O–H groups in total. The molecule has 1 aliphatic rings. The van der Waals surface area contributed by atoms with Gasteiger partial charge in [-0.25, -0.2) is 8.42 Å². The fraction of sp³-hybridized carbons (Fsp3) is 0.636. The van der Waals surface area contributed by atoms with E-state index in [4.69, 9.17) is 23.2 Å². The Morgan fingerprint density at radius 1 is 1.53 bits per heavy atom. The van der Waals surface area contributed by atoms with Gasteiger partial charge in [0, 0.05) is 19.1 Å². The van der Waals surface area contributed by atoms with Gasteiger partial charge in [0.2, 0.25) is 10.0 Å². The normalized spacial score (nSPS) is 20.9. The van der Waals surface area contributed by atoms with Crippen molar-refractivity contribution < 1.29 is 8.42 Å². The van der Waals surface area contributed by atoms with Gasteiger partial charge in [-0.15, -0.1) is 11.3 Å². The second-order valence-corrected chi connectivity index (χ2v) is 8.54. The van der Waals surface area contributed by atoms with Gasteiger partial charge in [0.1, 0.15) is 9.23 Å². The average molecular weight is 343 g/mol. The Kier molecular flexibility index (Phi) is 5.14. The van der Waals surface area contributed by atoms with Crippen LogP contribution in [0.5, 0.6) is 0 Å². The van der Waals surface area contributed by atoms with Crippen LogP contribution in [0.2, 0.25) is 8.67 Å². The molecular weight excluding hydrogens is 327 g/mol. The summed E-state index contributed by atoms with van der Waals surface area (Å²) in [6, 6.07) is 1.42. The smallest absolute Gasteiger partial charge is 0.245 e. The first kappa shape index (κ1) is 15.5. The number of nitrogens with zero attached hydrogens (tertiary/aromatic N) is 1. The third-order valence-electron chi connectivity index (χ3n) is 3.20. The molecule has 0 radical (unpaired) electrons. The first-order chi connectivity index (χ1) is 8.96. The summed E-state index contributed by atoms with van der Waals surface area (Å²) in [5.41, 5.74) is 0. The van der Waals surface area contributed by atoms with E-state index in [1.165, 1.54) is 10.4 Å². The number of hydrogen-bond donors (Lipinski definition) is 1. The quantitative estimate of drug-likeness (QED) is 0.915. The van der Waals surface area contributed by atoms with Crippen LogP contribution in [-0.4, -0.2) is 38.4 Å². The lowest BCUT2D eigenvalue weighted by atomic mass is 10.1. The van der Waals surface area contributed by atoms with Crippen molar-refractivity contribution in [1.82, 2.24) is 9.62 Å². The summed E-state index contributed by atoms with van der Waals surface area (Å²) in [4.78, 5) is 0.122. The number of likely N-dealkylation sites (N-methyl/N-ethyl adjacent to an activating group) is 1. The van der Waals surface area contributed by atoms with E-state index >= 15 is 0 Å². The topological polar surface area (TPSA) is 49.4 Å². The molecule has 8 heteroatoms. The van der Waals surface area contributed by atoms with Crippen molar-refractivity contribution in [2.45, 2.75) is 30.7 Å². The first-order valence-corrected chi connectivity index (χ1v) is 9.15. The lowest BCUT2D eigenvalue weighted by Gasteiger charge is -2.32. The summed E-state index contributed by atoms with van der Waals surface area (Å²) >= 11 is 12.9. The van der Waals surface area contributed by atoms with Gasteiger partial charge in [-0.2, -0.15) is 4.31 Å². The Bertz CT molecular complexity index is 539. The minimum absolute atomic E-state index is 0.0153. The molecule has 0 saturated carbocycles. The van der Waals surface area contributed by atoms with E-state index < -0.39 is 10.0 Å². The SMILES string of the molecule is CCN(C1CCCNC1)S(=O)(=O)c1cc(Cl)sc1Cl. The van der Waals surface area contributed by atoms with Crippen LogP contribution >= 0.6 is 34.5 Å². The molecule has 2 heterocycles. The summed E-state index contributed by atoms with van der Waals surface area (Å²) < 4.78 is 27.5. The molecule has 1 aromatic heterocycles. The predicted octanol–water partition coefficient (Wildman–Crippen LogP) is 2.82. The van der Waals surface area contributed by atoms with E-state index in [9.17, 15) is 8.42 Å². The molecule has 2 rings (SSSR count). The second-order valence-electron chi connectivity index (χ2n) is 4.40. The molecule has 0 aliphatic carbocycles. The Labute approximate surface area is 127 Å². The highest BCUT2D eigenvalue weighted by molar-refractivity contribution is 7.89. The molecule has 0 spiro atoms. The van der Waals surface area contributed by atoms with Crippen LogP contribution in [0, 0.1) is 0 Å². The number of hydrogen-bond acceptors (Lipinski definition) is 4. The second kappa shape index (κ2) is 6.28. The molecular formula is C11H16Cl2N2O2S2. The van der Waals surface area contributed by atoms with Crippen molar-refractivity contribution in [2.75, 3.05) is 19.6 Å². The molecule has 1 atom stereocenters. The first-order valence-electron chi connectivity index (χ1n) is 6.14. The van der Waals surface area contributed by atoms with Crippen LogP contribution in [0.4, 0.5) is 0 Å². The van der Waals surface area contributed by atoms with Gasteiger partial charge < -0.3 is 5.32 Å². The highest BCUT2D eigenvalue weighted by Gasteiger charge is 2.33. The zero-order valence-corrected chi connectivity index (χ0v) is 13.7. The molecule has 1 aliphatic heterocycles. The van der Waals surface area contributed by atoms with E-state index in [1.807, 2.05) is 6.92 Å². The third-order valence-corrected chi connectivity index (χ3v) is 6.98. The van der Waals surface area contributed by atoms with Gasteiger partial charge in [0.15, 0.2) is 0 Å². The maximum atomic E-state index is 12.7. The molecule has 1 unspecified atom stereocenters. The summed E-state index contributed by atoms with van der Waals surface area (Å²) in [5, 5.41) is 3.23. The largest absolute Gasteiger partial charge is 0.315 e. The minimum Gasteiger partial charge on any atom is -0.315 e. The lowest BCUT2D eigenvalue weighted by Crippen LogP contribution is -2.48. The number of nitrogens with one attached hydrogen (secondary N) is 1. The number of sulfonamides is 1. The summed E-state index contributed by atoms with van der Waals surface area (Å²) in [7, 11) is -3.57. The Morgan fingerprint density at radius 2 is 2.26 bits per heavy atom. The highest BCUT2D eigenvalue weighted by atomic mass is 35.5. The molecule has 0 bridgehead atoms. The Morgan fingerprint density at radius 3 is 2.74 bits per heavy atom. The average Bonchev–Trinajstić information content (AvgIpc) is 2.71. The van der Waals surface area contributed by atoms with Gasteiger partial charge in [0.25, 0.3) is 0 Å².